The van der Waals surface area contributed by atoms with Gasteiger partial charge in [-0.3, -0.25) is 0 Å². The van der Waals surface area contributed by atoms with Gasteiger partial charge in [-0.25, -0.2) is 4.79 Å². The highest BCUT2D eigenvalue weighted by Gasteiger charge is 2.16. The molecule has 4 heteroatoms. The SMILES string of the molecule is CCCCCCCC(C)Oc1ccc2c(C)c(OC(C)CCCCCCC)c(=O)oc2c1. The highest BCUT2D eigenvalue weighted by Crippen LogP contribution is 2.29. The van der Waals surface area contributed by atoms with Gasteiger partial charge in [-0.1, -0.05) is 65.2 Å². The number of benzene rings is 1. The Labute approximate surface area is 194 Å². The zero-order valence-corrected chi connectivity index (χ0v) is 21.0. The summed E-state index contributed by atoms with van der Waals surface area (Å²) in [6.07, 6.45) is 14.6. The van der Waals surface area contributed by atoms with Gasteiger partial charge in [-0.15, -0.1) is 0 Å². The van der Waals surface area contributed by atoms with Crippen molar-refractivity contribution in [3.05, 3.63) is 34.2 Å². The molecule has 0 fully saturated rings. The lowest BCUT2D eigenvalue weighted by molar-refractivity contribution is 0.196. The first kappa shape index (κ1) is 26.3. The van der Waals surface area contributed by atoms with Gasteiger partial charge in [0.15, 0.2) is 0 Å². The Morgan fingerprint density at radius 3 is 1.97 bits per heavy atom. The lowest BCUT2D eigenvalue weighted by Gasteiger charge is -2.17. The van der Waals surface area contributed by atoms with Crippen molar-refractivity contribution in [2.24, 2.45) is 0 Å². The molecular formula is C28H44O4. The second kappa shape index (κ2) is 14.2. The quantitative estimate of drug-likeness (QED) is 0.193. The predicted octanol–water partition coefficient (Wildman–Crippen LogP) is 8.36. The summed E-state index contributed by atoms with van der Waals surface area (Å²) in [6.45, 7) is 10.5. The summed E-state index contributed by atoms with van der Waals surface area (Å²) in [5.41, 5.74) is 0.985. The lowest BCUT2D eigenvalue weighted by Crippen LogP contribution is -2.18. The molecular weight excluding hydrogens is 400 g/mol. The molecule has 0 spiro atoms. The van der Waals surface area contributed by atoms with Crippen LogP contribution in [-0.2, 0) is 0 Å². The average Bonchev–Trinajstić information content (AvgIpc) is 2.76. The van der Waals surface area contributed by atoms with E-state index in [1.807, 2.05) is 32.0 Å². The van der Waals surface area contributed by atoms with E-state index in [1.165, 1.54) is 57.8 Å². The molecule has 1 aromatic carbocycles. The van der Waals surface area contributed by atoms with Gasteiger partial charge < -0.3 is 13.9 Å². The van der Waals surface area contributed by atoms with Gasteiger partial charge >= 0.3 is 5.63 Å². The fraction of sp³-hybridized carbons (Fsp3) is 0.679. The molecule has 32 heavy (non-hydrogen) atoms. The fourth-order valence-electron chi connectivity index (χ4n) is 4.15. The van der Waals surface area contributed by atoms with Gasteiger partial charge in [-0.2, -0.15) is 0 Å². The van der Waals surface area contributed by atoms with Crippen LogP contribution in [0.15, 0.2) is 27.4 Å². The first-order valence-corrected chi connectivity index (χ1v) is 12.9. The average molecular weight is 445 g/mol. The van der Waals surface area contributed by atoms with Crippen LogP contribution in [0.3, 0.4) is 0 Å². The Bertz CT molecular complexity index is 854. The van der Waals surface area contributed by atoms with Crippen LogP contribution in [0.2, 0.25) is 0 Å². The van der Waals surface area contributed by atoms with Crippen molar-refractivity contribution < 1.29 is 13.9 Å². The molecule has 2 rings (SSSR count). The van der Waals surface area contributed by atoms with Crippen molar-refractivity contribution in [1.82, 2.24) is 0 Å². The molecule has 1 aromatic heterocycles. The lowest BCUT2D eigenvalue weighted by atomic mass is 10.1. The number of rotatable bonds is 16. The van der Waals surface area contributed by atoms with Gasteiger partial charge in [0.2, 0.25) is 5.75 Å². The summed E-state index contributed by atoms with van der Waals surface area (Å²) in [5, 5.41) is 0.898. The maximum atomic E-state index is 12.6. The first-order valence-electron chi connectivity index (χ1n) is 12.9. The van der Waals surface area contributed by atoms with Gasteiger partial charge in [0, 0.05) is 17.0 Å². The molecule has 0 bridgehead atoms. The molecule has 0 aliphatic heterocycles. The third kappa shape index (κ3) is 8.52. The molecule has 1 heterocycles. The summed E-state index contributed by atoms with van der Waals surface area (Å²) in [5.74, 6) is 1.09. The van der Waals surface area contributed by atoms with Gasteiger partial charge in [0.1, 0.15) is 11.3 Å². The molecule has 0 aliphatic carbocycles. The van der Waals surface area contributed by atoms with Crippen LogP contribution in [0.5, 0.6) is 11.5 Å². The van der Waals surface area contributed by atoms with Gasteiger partial charge in [-0.05, 0) is 58.6 Å². The molecule has 0 amide bonds. The van der Waals surface area contributed by atoms with E-state index in [4.69, 9.17) is 13.9 Å². The van der Waals surface area contributed by atoms with E-state index in [2.05, 4.69) is 20.8 Å². The van der Waals surface area contributed by atoms with Crippen LogP contribution >= 0.6 is 0 Å². The zero-order valence-electron chi connectivity index (χ0n) is 21.0. The third-order valence-electron chi connectivity index (χ3n) is 6.17. The van der Waals surface area contributed by atoms with Crippen LogP contribution in [0, 0.1) is 6.92 Å². The second-order valence-electron chi connectivity index (χ2n) is 9.26. The number of fused-ring (bicyclic) bond motifs is 1. The third-order valence-corrected chi connectivity index (χ3v) is 6.17. The van der Waals surface area contributed by atoms with Crippen LogP contribution in [0.1, 0.15) is 110 Å². The summed E-state index contributed by atoms with van der Waals surface area (Å²) < 4.78 is 17.7. The van der Waals surface area contributed by atoms with Gasteiger partial charge in [0.25, 0.3) is 0 Å². The number of unbranched alkanes of at least 4 members (excludes halogenated alkanes) is 8. The Kier molecular flexibility index (Phi) is 11.7. The van der Waals surface area contributed by atoms with E-state index in [0.29, 0.717) is 11.3 Å². The van der Waals surface area contributed by atoms with E-state index in [1.54, 1.807) is 0 Å². The fourth-order valence-corrected chi connectivity index (χ4v) is 4.15. The minimum Gasteiger partial charge on any atom is -0.491 e. The van der Waals surface area contributed by atoms with Crippen molar-refractivity contribution in [1.29, 1.82) is 0 Å². The largest absolute Gasteiger partial charge is 0.491 e. The summed E-state index contributed by atoms with van der Waals surface area (Å²) in [7, 11) is 0. The van der Waals surface area contributed by atoms with Crippen LogP contribution in [0.25, 0.3) is 11.0 Å². The van der Waals surface area contributed by atoms with E-state index in [9.17, 15) is 4.79 Å². The number of aryl methyl sites for hydroxylation is 1. The smallest absolute Gasteiger partial charge is 0.379 e. The molecule has 2 unspecified atom stereocenters. The Balaban J connectivity index is 1.97. The Hall–Kier alpha value is -1.97. The zero-order chi connectivity index (χ0) is 23.3. The summed E-state index contributed by atoms with van der Waals surface area (Å²) in [4.78, 5) is 12.6. The number of hydrogen-bond donors (Lipinski definition) is 0. The van der Waals surface area contributed by atoms with E-state index in [-0.39, 0.29) is 12.2 Å². The molecule has 0 radical (unpaired) electrons. The molecule has 180 valence electrons. The molecule has 2 atom stereocenters. The summed E-state index contributed by atoms with van der Waals surface area (Å²) >= 11 is 0. The van der Waals surface area contributed by atoms with Crippen molar-refractivity contribution in [3.8, 4) is 11.5 Å². The number of ether oxygens (including phenoxy) is 2. The maximum absolute atomic E-state index is 12.6. The van der Waals surface area contributed by atoms with Crippen molar-refractivity contribution >= 4 is 11.0 Å². The summed E-state index contributed by atoms with van der Waals surface area (Å²) in [6, 6.07) is 5.77. The molecule has 0 N–H and O–H groups in total. The predicted molar refractivity (Wildman–Crippen MR) is 134 cm³/mol. The van der Waals surface area contributed by atoms with Crippen LogP contribution < -0.4 is 15.1 Å². The van der Waals surface area contributed by atoms with Crippen LogP contribution in [0.4, 0.5) is 0 Å². The standard InChI is InChI=1S/C28H44O4/c1-6-8-10-12-14-16-21(3)30-24-18-19-25-23(5)27(28(29)32-26(25)20-24)31-22(4)17-15-13-11-9-7-2/h18-22H,6-17H2,1-5H3. The number of hydrogen-bond acceptors (Lipinski definition) is 4. The van der Waals surface area contributed by atoms with Crippen molar-refractivity contribution in [3.63, 3.8) is 0 Å². The minimum absolute atomic E-state index is 0.00328. The van der Waals surface area contributed by atoms with E-state index < -0.39 is 5.63 Å². The first-order chi connectivity index (χ1) is 15.5. The Morgan fingerprint density at radius 2 is 1.38 bits per heavy atom. The normalized spacial score (nSPS) is 13.3. The highest BCUT2D eigenvalue weighted by atomic mass is 16.5. The second-order valence-corrected chi connectivity index (χ2v) is 9.26. The van der Waals surface area contributed by atoms with Crippen LogP contribution in [-0.4, -0.2) is 12.2 Å². The van der Waals surface area contributed by atoms with Crippen molar-refractivity contribution in [2.45, 2.75) is 124 Å². The topological polar surface area (TPSA) is 48.7 Å². The van der Waals surface area contributed by atoms with E-state index >= 15 is 0 Å². The molecule has 0 saturated carbocycles. The minimum atomic E-state index is -0.408. The maximum Gasteiger partial charge on any atom is 0.379 e. The van der Waals surface area contributed by atoms with Gasteiger partial charge in [0.05, 0.1) is 12.2 Å². The highest BCUT2D eigenvalue weighted by molar-refractivity contribution is 5.83. The van der Waals surface area contributed by atoms with E-state index in [0.717, 1.165) is 36.0 Å². The molecule has 0 aliphatic rings. The van der Waals surface area contributed by atoms with Crippen molar-refractivity contribution in [2.75, 3.05) is 0 Å². The molecule has 2 aromatic rings. The monoisotopic (exact) mass is 444 g/mol. The Morgan fingerprint density at radius 1 is 0.812 bits per heavy atom. The molecule has 0 saturated heterocycles. The molecule has 4 nitrogen and oxygen atoms in total.